The van der Waals surface area contributed by atoms with Crippen LogP contribution in [0.4, 0.5) is 8.78 Å². The number of amides is 1. The summed E-state index contributed by atoms with van der Waals surface area (Å²) in [5.74, 6) is -1.23. The number of carbonyl (C=O) groups excluding carboxylic acids is 1. The highest BCUT2D eigenvalue weighted by Crippen LogP contribution is 2.30. The highest BCUT2D eigenvalue weighted by Gasteiger charge is 2.34. The molecular formula is C16H18F2N2O. The molecule has 0 spiro atoms. The number of nitrogens with one attached hydrogen (secondary N) is 1. The molecule has 0 aromatic heterocycles. The summed E-state index contributed by atoms with van der Waals surface area (Å²) < 4.78 is 26.6. The molecule has 5 heteroatoms. The first-order chi connectivity index (χ1) is 10.1. The van der Waals surface area contributed by atoms with E-state index in [2.05, 4.69) is 5.32 Å². The summed E-state index contributed by atoms with van der Waals surface area (Å²) in [4.78, 5) is 14.3. The van der Waals surface area contributed by atoms with Gasteiger partial charge in [0, 0.05) is 30.8 Å². The van der Waals surface area contributed by atoms with Crippen molar-refractivity contribution < 1.29 is 13.6 Å². The van der Waals surface area contributed by atoms with Gasteiger partial charge in [-0.3, -0.25) is 4.79 Å². The van der Waals surface area contributed by atoms with Gasteiger partial charge in [0.2, 0.25) is 0 Å². The minimum atomic E-state index is -0.605. The van der Waals surface area contributed by atoms with Gasteiger partial charge in [0.15, 0.2) is 0 Å². The molecule has 1 amide bonds. The molecular weight excluding hydrogens is 274 g/mol. The second-order valence-corrected chi connectivity index (χ2v) is 5.64. The van der Waals surface area contributed by atoms with E-state index in [1.807, 2.05) is 6.08 Å². The Kier molecular flexibility index (Phi) is 4.01. The van der Waals surface area contributed by atoms with Crippen LogP contribution in [0.15, 0.2) is 29.8 Å². The van der Waals surface area contributed by atoms with Crippen molar-refractivity contribution >= 4 is 5.91 Å². The van der Waals surface area contributed by atoms with Crippen molar-refractivity contribution in [2.45, 2.75) is 31.8 Å². The van der Waals surface area contributed by atoms with Crippen molar-refractivity contribution in [1.29, 1.82) is 0 Å². The van der Waals surface area contributed by atoms with Crippen LogP contribution >= 0.6 is 0 Å². The maximum Gasteiger partial charge on any atom is 0.251 e. The van der Waals surface area contributed by atoms with Crippen LogP contribution in [0.2, 0.25) is 0 Å². The van der Waals surface area contributed by atoms with Gasteiger partial charge in [0.25, 0.3) is 5.91 Å². The Hall–Kier alpha value is -1.75. The van der Waals surface area contributed by atoms with Gasteiger partial charge in [0.05, 0.1) is 0 Å². The van der Waals surface area contributed by atoms with Crippen LogP contribution in [0.3, 0.4) is 0 Å². The van der Waals surface area contributed by atoms with Crippen LogP contribution in [0.1, 0.15) is 24.8 Å². The quantitative estimate of drug-likeness (QED) is 0.924. The highest BCUT2D eigenvalue weighted by molar-refractivity contribution is 5.94. The normalized spacial score (nSPS) is 18.3. The molecule has 3 rings (SSSR count). The Labute approximate surface area is 122 Å². The number of carbonyl (C=O) groups is 1. The van der Waals surface area contributed by atoms with E-state index in [1.165, 1.54) is 12.1 Å². The fourth-order valence-corrected chi connectivity index (χ4v) is 2.64. The molecule has 0 atom stereocenters. The maximum absolute atomic E-state index is 13.3. The smallest absolute Gasteiger partial charge is 0.251 e. The number of hydrogen-bond acceptors (Lipinski definition) is 2. The summed E-state index contributed by atoms with van der Waals surface area (Å²) >= 11 is 0. The molecule has 1 aliphatic heterocycles. The van der Waals surface area contributed by atoms with E-state index in [-0.39, 0.29) is 18.5 Å². The van der Waals surface area contributed by atoms with Crippen molar-refractivity contribution in [3.8, 4) is 0 Å². The molecule has 1 heterocycles. The van der Waals surface area contributed by atoms with E-state index in [0.717, 1.165) is 37.4 Å². The maximum atomic E-state index is 13.3. The summed E-state index contributed by atoms with van der Waals surface area (Å²) in [5, 5.41) is 3.18. The Bertz CT molecular complexity index is 561. The lowest BCUT2D eigenvalue weighted by atomic mass is 10.1. The lowest BCUT2D eigenvalue weighted by molar-refractivity contribution is -0.128. The molecule has 0 bridgehead atoms. The second kappa shape index (κ2) is 5.93. The zero-order valence-electron chi connectivity index (χ0n) is 11.7. The molecule has 1 aromatic rings. The molecule has 0 saturated heterocycles. The van der Waals surface area contributed by atoms with Gasteiger partial charge in [-0.05, 0) is 43.5 Å². The van der Waals surface area contributed by atoms with Crippen LogP contribution in [0.5, 0.6) is 0 Å². The van der Waals surface area contributed by atoms with Crippen molar-refractivity contribution in [2.75, 3.05) is 13.1 Å². The molecule has 1 fully saturated rings. The molecule has 0 unspecified atom stereocenters. The van der Waals surface area contributed by atoms with E-state index in [9.17, 15) is 13.6 Å². The predicted molar refractivity (Wildman–Crippen MR) is 75.5 cm³/mol. The Morgan fingerprint density at radius 3 is 2.52 bits per heavy atom. The Morgan fingerprint density at radius 2 is 1.95 bits per heavy atom. The van der Waals surface area contributed by atoms with Crippen molar-refractivity contribution in [3.05, 3.63) is 47.0 Å². The topological polar surface area (TPSA) is 32.3 Å². The van der Waals surface area contributed by atoms with Gasteiger partial charge in [-0.2, -0.15) is 0 Å². The molecule has 21 heavy (non-hydrogen) atoms. The lowest BCUT2D eigenvalue weighted by Gasteiger charge is -2.25. The molecule has 1 aliphatic carbocycles. The average molecular weight is 292 g/mol. The zero-order chi connectivity index (χ0) is 14.8. The second-order valence-electron chi connectivity index (χ2n) is 5.64. The van der Waals surface area contributed by atoms with Gasteiger partial charge in [-0.25, -0.2) is 8.78 Å². The third-order valence-corrected chi connectivity index (χ3v) is 3.83. The molecule has 0 radical (unpaired) electrons. The van der Waals surface area contributed by atoms with Crippen LogP contribution in [0.25, 0.3) is 0 Å². The number of benzene rings is 1. The largest absolute Gasteiger partial charge is 0.332 e. The highest BCUT2D eigenvalue weighted by atomic mass is 19.1. The van der Waals surface area contributed by atoms with Gasteiger partial charge in [-0.15, -0.1) is 0 Å². The molecule has 1 aromatic carbocycles. The van der Waals surface area contributed by atoms with Gasteiger partial charge in [-0.1, -0.05) is 6.08 Å². The van der Waals surface area contributed by atoms with E-state index in [4.69, 9.17) is 0 Å². The van der Waals surface area contributed by atoms with E-state index >= 15 is 0 Å². The molecule has 3 nitrogen and oxygen atoms in total. The fraction of sp³-hybridized carbons (Fsp3) is 0.438. The summed E-state index contributed by atoms with van der Waals surface area (Å²) in [7, 11) is 0. The van der Waals surface area contributed by atoms with Gasteiger partial charge < -0.3 is 10.2 Å². The van der Waals surface area contributed by atoms with Crippen LogP contribution < -0.4 is 5.32 Å². The number of hydrogen-bond donors (Lipinski definition) is 1. The third kappa shape index (κ3) is 3.47. The van der Waals surface area contributed by atoms with Gasteiger partial charge >= 0.3 is 0 Å². The third-order valence-electron chi connectivity index (χ3n) is 3.83. The summed E-state index contributed by atoms with van der Waals surface area (Å²) in [6, 6.07) is 3.63. The van der Waals surface area contributed by atoms with E-state index in [1.54, 1.807) is 4.90 Å². The van der Waals surface area contributed by atoms with Crippen molar-refractivity contribution in [1.82, 2.24) is 10.2 Å². The monoisotopic (exact) mass is 292 g/mol. The first kappa shape index (κ1) is 14.2. The van der Waals surface area contributed by atoms with Crippen molar-refractivity contribution in [2.24, 2.45) is 0 Å². The van der Waals surface area contributed by atoms with E-state index < -0.39 is 11.6 Å². The van der Waals surface area contributed by atoms with Crippen LogP contribution in [-0.4, -0.2) is 29.9 Å². The Balaban J connectivity index is 1.78. The zero-order valence-corrected chi connectivity index (χ0v) is 11.7. The summed E-state index contributed by atoms with van der Waals surface area (Å²) in [6.07, 6.45) is 4.73. The van der Waals surface area contributed by atoms with Crippen LogP contribution in [0, 0.1) is 11.6 Å². The first-order valence-corrected chi connectivity index (χ1v) is 7.29. The molecule has 2 aliphatic rings. The lowest BCUT2D eigenvalue weighted by Crippen LogP contribution is -2.38. The summed E-state index contributed by atoms with van der Waals surface area (Å²) in [6.45, 7) is 1.71. The minimum Gasteiger partial charge on any atom is -0.332 e. The van der Waals surface area contributed by atoms with Gasteiger partial charge in [0.1, 0.15) is 11.6 Å². The van der Waals surface area contributed by atoms with Crippen LogP contribution in [-0.2, 0) is 11.3 Å². The van der Waals surface area contributed by atoms with E-state index in [0.29, 0.717) is 12.1 Å². The first-order valence-electron chi connectivity index (χ1n) is 7.29. The average Bonchev–Trinajstić information content (AvgIpc) is 3.28. The molecule has 112 valence electrons. The molecule has 1 N–H and O–H groups in total. The number of rotatable bonds is 4. The summed E-state index contributed by atoms with van der Waals surface area (Å²) in [5.41, 5.74) is 1.25. The predicted octanol–water partition coefficient (Wildman–Crippen LogP) is 2.38. The number of halogens is 2. The molecule has 1 saturated carbocycles. The fourth-order valence-electron chi connectivity index (χ4n) is 2.64. The Morgan fingerprint density at radius 1 is 1.24 bits per heavy atom. The standard InChI is InChI=1S/C16H18F2N2O/c17-13-6-11(7-14(18)8-13)10-20(15-3-4-15)16(21)12-2-1-5-19-9-12/h2,6-8,15,19H,1,3-5,9-10H2. The SMILES string of the molecule is O=C(C1=CCCNC1)N(Cc1cc(F)cc(F)c1)C1CC1. The van der Waals surface area contributed by atoms with Crippen molar-refractivity contribution in [3.63, 3.8) is 0 Å². The number of nitrogens with zero attached hydrogens (tertiary/aromatic N) is 1. The minimum absolute atomic E-state index is 0.0191.